The molecule has 0 bridgehead atoms. The van der Waals surface area contributed by atoms with Gasteiger partial charge < -0.3 is 15.0 Å². The van der Waals surface area contributed by atoms with E-state index in [4.69, 9.17) is 4.74 Å². The molecular formula is C26H33N5O2. The molecule has 174 valence electrons. The van der Waals surface area contributed by atoms with Gasteiger partial charge in [-0.1, -0.05) is 32.6 Å². The van der Waals surface area contributed by atoms with E-state index in [0.717, 1.165) is 56.0 Å². The molecule has 1 aromatic carbocycles. The van der Waals surface area contributed by atoms with Crippen molar-refractivity contribution in [1.29, 1.82) is 0 Å². The number of hydrogen-bond acceptors (Lipinski definition) is 4. The molecule has 0 radical (unpaired) electrons. The van der Waals surface area contributed by atoms with Crippen LogP contribution in [0, 0.1) is 19.8 Å². The second-order valence-electron chi connectivity index (χ2n) is 8.68. The monoisotopic (exact) mass is 447 g/mol. The van der Waals surface area contributed by atoms with E-state index in [1.807, 2.05) is 38.5 Å². The molecule has 0 spiro atoms. The Bertz CT molecular complexity index is 1360. The van der Waals surface area contributed by atoms with Gasteiger partial charge in [-0.3, -0.25) is 9.48 Å². The summed E-state index contributed by atoms with van der Waals surface area (Å²) in [6.45, 7) is 12.4. The fraction of sp³-hybridized carbons (Fsp3) is 0.269. The average Bonchev–Trinajstić information content (AvgIpc) is 3.38. The van der Waals surface area contributed by atoms with E-state index in [2.05, 4.69) is 53.8 Å². The van der Waals surface area contributed by atoms with E-state index in [-0.39, 0.29) is 8.76 Å². The topological polar surface area (TPSA) is 84.8 Å². The molecule has 0 saturated carbocycles. The minimum atomic E-state index is -0.246. The number of carbonyl (C=O) groups excluding carboxylic acids is 1. The molecule has 0 aliphatic carbocycles. The lowest BCUT2D eigenvalue weighted by Gasteiger charge is -2.13. The van der Waals surface area contributed by atoms with Crippen LogP contribution in [-0.4, -0.2) is 32.3 Å². The summed E-state index contributed by atoms with van der Waals surface area (Å²) in [5.74, 6) is 0.926. The molecule has 3 heterocycles. The maximum atomic E-state index is 12.0. The maximum absolute atomic E-state index is 12.0. The zero-order chi connectivity index (χ0) is 23.7. The molecule has 0 unspecified atom stereocenters. The summed E-state index contributed by atoms with van der Waals surface area (Å²) in [6.07, 6.45) is 6.84. The number of amides is 1. The van der Waals surface area contributed by atoms with Crippen LogP contribution in [0.5, 0.6) is 5.75 Å². The maximum Gasteiger partial charge on any atom is 0.247 e. The highest BCUT2D eigenvalue weighted by Crippen LogP contribution is 2.42. The molecule has 3 aromatic heterocycles. The van der Waals surface area contributed by atoms with Gasteiger partial charge in [0, 0.05) is 43.9 Å². The van der Waals surface area contributed by atoms with Crippen molar-refractivity contribution in [3.05, 3.63) is 60.6 Å². The molecular weight excluding hydrogens is 414 g/mol. The Balaban J connectivity index is 0.00000216. The number of nitrogens with one attached hydrogen (secondary N) is 2. The highest BCUT2D eigenvalue weighted by atomic mass is 16.5. The van der Waals surface area contributed by atoms with Crippen LogP contribution in [0.4, 0.5) is 5.69 Å². The SMILES string of the molecule is C=CC(=O)Nc1cc(-c2c(-c3cnn(C)c3)[nH]c3ncc(OCC(C)C)c(C)c23)ccc1C.[HH].[HH]. The van der Waals surface area contributed by atoms with Gasteiger partial charge in [0.2, 0.25) is 5.91 Å². The van der Waals surface area contributed by atoms with Gasteiger partial charge in [0.15, 0.2) is 0 Å². The predicted octanol–water partition coefficient (Wildman–Crippen LogP) is 5.90. The second-order valence-corrected chi connectivity index (χ2v) is 8.68. The van der Waals surface area contributed by atoms with Crippen LogP contribution in [0.1, 0.15) is 27.8 Å². The van der Waals surface area contributed by atoms with Gasteiger partial charge in [-0.05, 0) is 43.0 Å². The highest BCUT2D eigenvalue weighted by molar-refractivity contribution is 6.06. The molecule has 7 nitrogen and oxygen atoms in total. The summed E-state index contributed by atoms with van der Waals surface area (Å²) in [4.78, 5) is 20.1. The van der Waals surface area contributed by atoms with Gasteiger partial charge in [-0.2, -0.15) is 5.10 Å². The predicted molar refractivity (Wildman–Crippen MR) is 137 cm³/mol. The van der Waals surface area contributed by atoms with Crippen molar-refractivity contribution in [2.75, 3.05) is 11.9 Å². The molecule has 7 heteroatoms. The van der Waals surface area contributed by atoms with Crippen LogP contribution in [0.25, 0.3) is 33.4 Å². The number of hydrogen-bond donors (Lipinski definition) is 2. The van der Waals surface area contributed by atoms with E-state index in [1.54, 1.807) is 10.9 Å². The van der Waals surface area contributed by atoms with Crippen molar-refractivity contribution in [1.82, 2.24) is 19.7 Å². The Morgan fingerprint density at radius 2 is 2.09 bits per heavy atom. The fourth-order valence-corrected chi connectivity index (χ4v) is 3.85. The van der Waals surface area contributed by atoms with Crippen LogP contribution >= 0.6 is 0 Å². The molecule has 0 atom stereocenters. The third-order valence-corrected chi connectivity index (χ3v) is 5.57. The van der Waals surface area contributed by atoms with Crippen LogP contribution in [0.3, 0.4) is 0 Å². The quantitative estimate of drug-likeness (QED) is 0.346. The number of carbonyl (C=O) groups is 1. The zero-order valence-electron chi connectivity index (χ0n) is 19.7. The summed E-state index contributed by atoms with van der Waals surface area (Å²) >= 11 is 0. The third-order valence-electron chi connectivity index (χ3n) is 5.57. The average molecular weight is 448 g/mol. The Kier molecular flexibility index (Phi) is 6.05. The van der Waals surface area contributed by atoms with E-state index in [0.29, 0.717) is 12.5 Å². The molecule has 0 saturated heterocycles. The molecule has 4 aromatic rings. The normalized spacial score (nSPS) is 11.2. The van der Waals surface area contributed by atoms with E-state index in [9.17, 15) is 4.79 Å². The summed E-state index contributed by atoms with van der Waals surface area (Å²) in [5, 5.41) is 8.25. The first kappa shape index (κ1) is 22.3. The smallest absolute Gasteiger partial charge is 0.247 e. The fourth-order valence-electron chi connectivity index (χ4n) is 3.85. The van der Waals surface area contributed by atoms with Crippen molar-refractivity contribution >= 4 is 22.6 Å². The lowest BCUT2D eigenvalue weighted by atomic mass is 9.96. The van der Waals surface area contributed by atoms with E-state index >= 15 is 0 Å². The number of anilines is 1. The first-order valence-electron chi connectivity index (χ1n) is 11.0. The van der Waals surface area contributed by atoms with Gasteiger partial charge in [0.1, 0.15) is 11.4 Å². The molecule has 2 N–H and O–H groups in total. The number of benzene rings is 1. The molecule has 0 aliphatic rings. The highest BCUT2D eigenvalue weighted by Gasteiger charge is 2.21. The molecule has 0 aliphatic heterocycles. The summed E-state index contributed by atoms with van der Waals surface area (Å²) < 4.78 is 7.84. The number of nitrogens with zero attached hydrogens (tertiary/aromatic N) is 3. The lowest BCUT2D eigenvalue weighted by Crippen LogP contribution is -2.08. The van der Waals surface area contributed by atoms with Crippen LogP contribution in [-0.2, 0) is 11.8 Å². The zero-order valence-corrected chi connectivity index (χ0v) is 19.7. The van der Waals surface area contributed by atoms with Gasteiger partial charge >= 0.3 is 0 Å². The van der Waals surface area contributed by atoms with Crippen LogP contribution in [0.15, 0.2) is 49.4 Å². The Morgan fingerprint density at radius 1 is 1.30 bits per heavy atom. The number of aryl methyl sites for hydroxylation is 3. The molecule has 33 heavy (non-hydrogen) atoms. The van der Waals surface area contributed by atoms with E-state index in [1.165, 1.54) is 6.08 Å². The standard InChI is InChI=1S/C26H29N5O2.2H2/c1-7-22(32)29-20-10-18(9-8-16(20)4)24-23-17(5)21(33-14-15(2)3)12-27-26(23)30-25(24)19-11-28-31(6)13-19;;/h7-13,15H,1,14H2,2-6H3,(H,27,30)(H,29,32);2*1H. The largest absolute Gasteiger partial charge is 0.491 e. The molecule has 4 rings (SSSR count). The van der Waals surface area contributed by atoms with Crippen molar-refractivity contribution in [3.8, 4) is 28.1 Å². The molecule has 0 fully saturated rings. The van der Waals surface area contributed by atoms with Crippen molar-refractivity contribution in [3.63, 3.8) is 0 Å². The van der Waals surface area contributed by atoms with Crippen molar-refractivity contribution in [2.24, 2.45) is 13.0 Å². The third kappa shape index (κ3) is 4.39. The second kappa shape index (κ2) is 8.94. The Morgan fingerprint density at radius 3 is 2.76 bits per heavy atom. The summed E-state index contributed by atoms with van der Waals surface area (Å²) in [6, 6.07) is 6.05. The minimum absolute atomic E-state index is 0. The summed E-state index contributed by atoms with van der Waals surface area (Å²) in [7, 11) is 1.89. The van der Waals surface area contributed by atoms with Crippen molar-refractivity contribution in [2.45, 2.75) is 27.7 Å². The number of pyridine rings is 1. The van der Waals surface area contributed by atoms with Gasteiger partial charge in [-0.15, -0.1) is 0 Å². The van der Waals surface area contributed by atoms with E-state index < -0.39 is 0 Å². The first-order valence-corrected chi connectivity index (χ1v) is 11.0. The molecule has 1 amide bonds. The Hall–Kier alpha value is -3.87. The minimum Gasteiger partial charge on any atom is -0.491 e. The van der Waals surface area contributed by atoms with Crippen molar-refractivity contribution < 1.29 is 12.4 Å². The number of ether oxygens (including phenoxy) is 1. The number of H-pyrrole nitrogens is 1. The summed E-state index contributed by atoms with van der Waals surface area (Å²) in [5.41, 5.74) is 7.30. The Labute approximate surface area is 196 Å². The number of aromatic nitrogens is 4. The van der Waals surface area contributed by atoms with Crippen LogP contribution < -0.4 is 10.1 Å². The number of rotatable bonds is 7. The first-order chi connectivity index (χ1) is 15.8. The van der Waals surface area contributed by atoms with Gasteiger partial charge in [-0.25, -0.2) is 4.98 Å². The van der Waals surface area contributed by atoms with Gasteiger partial charge in [0.25, 0.3) is 0 Å². The van der Waals surface area contributed by atoms with Gasteiger partial charge in [0.05, 0.1) is 24.7 Å². The number of aromatic amines is 1. The lowest BCUT2D eigenvalue weighted by molar-refractivity contribution is -0.111. The van der Waals surface area contributed by atoms with Crippen LogP contribution in [0.2, 0.25) is 0 Å². The number of fused-ring (bicyclic) bond motifs is 1.